The Hall–Kier alpha value is -3.32. The summed E-state index contributed by atoms with van der Waals surface area (Å²) in [6, 6.07) is 12.4. The highest BCUT2D eigenvalue weighted by Crippen LogP contribution is 2.39. The van der Waals surface area contributed by atoms with Crippen molar-refractivity contribution in [3.05, 3.63) is 65.2 Å². The predicted molar refractivity (Wildman–Crippen MR) is 123 cm³/mol. The molecule has 1 heterocycles. The summed E-state index contributed by atoms with van der Waals surface area (Å²) in [5, 5.41) is 20.7. The molecule has 1 fully saturated rings. The van der Waals surface area contributed by atoms with Crippen LogP contribution < -0.4 is 4.74 Å². The van der Waals surface area contributed by atoms with Gasteiger partial charge in [0.2, 0.25) is 0 Å². The molecule has 0 saturated carbocycles. The zero-order valence-corrected chi connectivity index (χ0v) is 18.7. The van der Waals surface area contributed by atoms with E-state index in [1.807, 2.05) is 19.0 Å². The fourth-order valence-electron chi connectivity index (χ4n) is 3.62. The highest BCUT2D eigenvalue weighted by Gasteiger charge is 2.45. The number of aromatic hydroxyl groups is 1. The fraction of sp³-hybridized carbons (Fsp3) is 0.360. The number of benzene rings is 2. The van der Waals surface area contributed by atoms with Crippen LogP contribution in [0.2, 0.25) is 0 Å². The quantitative estimate of drug-likeness (QED) is 0.269. The number of aliphatic hydroxyl groups is 1. The number of carbonyl (C=O) groups excluding carboxylic acids is 2. The lowest BCUT2D eigenvalue weighted by Gasteiger charge is -2.26. The van der Waals surface area contributed by atoms with Gasteiger partial charge in [-0.25, -0.2) is 0 Å². The smallest absolute Gasteiger partial charge is 0.295 e. The van der Waals surface area contributed by atoms with Crippen molar-refractivity contribution in [3.8, 4) is 11.5 Å². The number of likely N-dealkylation sites (N-methyl/N-ethyl adjacent to an activating group) is 1. The Kier molecular flexibility index (Phi) is 7.53. The Bertz CT molecular complexity index is 980. The van der Waals surface area contributed by atoms with Crippen molar-refractivity contribution in [1.82, 2.24) is 9.80 Å². The lowest BCUT2D eigenvalue weighted by Crippen LogP contribution is -2.35. The highest BCUT2D eigenvalue weighted by molar-refractivity contribution is 6.46. The summed E-state index contributed by atoms with van der Waals surface area (Å²) < 4.78 is 5.66. The average Bonchev–Trinajstić information content (AvgIpc) is 3.03. The predicted octanol–water partition coefficient (Wildman–Crippen LogP) is 3.55. The van der Waals surface area contributed by atoms with Gasteiger partial charge in [-0.2, -0.15) is 0 Å². The summed E-state index contributed by atoms with van der Waals surface area (Å²) in [6.07, 6.45) is 1.98. The summed E-state index contributed by atoms with van der Waals surface area (Å²) in [6.45, 7) is 3.58. The average molecular weight is 439 g/mol. The molecule has 0 spiro atoms. The third-order valence-electron chi connectivity index (χ3n) is 5.43. The molecular formula is C25H30N2O5. The first-order valence-electron chi connectivity index (χ1n) is 10.8. The van der Waals surface area contributed by atoms with Crippen LogP contribution in [0.3, 0.4) is 0 Å². The molecule has 2 aromatic rings. The third kappa shape index (κ3) is 5.11. The van der Waals surface area contributed by atoms with Gasteiger partial charge < -0.3 is 24.7 Å². The van der Waals surface area contributed by atoms with Crippen molar-refractivity contribution in [2.45, 2.75) is 25.8 Å². The highest BCUT2D eigenvalue weighted by atomic mass is 16.5. The van der Waals surface area contributed by atoms with Crippen LogP contribution in [-0.2, 0) is 9.59 Å². The number of hydrogen-bond acceptors (Lipinski definition) is 6. The molecule has 170 valence electrons. The van der Waals surface area contributed by atoms with Crippen molar-refractivity contribution < 1.29 is 24.5 Å². The maximum Gasteiger partial charge on any atom is 0.295 e. The van der Waals surface area contributed by atoms with E-state index < -0.39 is 17.7 Å². The first kappa shape index (κ1) is 23.3. The standard InChI is InChI=1S/C25H30N2O5/c1-4-5-16-32-20-12-8-18(9-13-20)23(29)21-22(17-6-10-19(28)11-7-17)27(15-14-26(2)3)25(31)24(21)30/h6-13,22,28-29H,4-5,14-16H2,1-3H3/b23-21+/t22-/m0/s1. The van der Waals surface area contributed by atoms with E-state index in [-0.39, 0.29) is 17.1 Å². The molecule has 1 saturated heterocycles. The maximum atomic E-state index is 13.0. The topological polar surface area (TPSA) is 90.3 Å². The molecule has 2 N–H and O–H groups in total. The number of rotatable bonds is 9. The summed E-state index contributed by atoms with van der Waals surface area (Å²) in [5.41, 5.74) is 1.11. The number of carbonyl (C=O) groups is 2. The molecular weight excluding hydrogens is 408 g/mol. The van der Waals surface area contributed by atoms with E-state index in [0.29, 0.717) is 36.6 Å². The van der Waals surface area contributed by atoms with Crippen molar-refractivity contribution in [1.29, 1.82) is 0 Å². The number of likely N-dealkylation sites (tertiary alicyclic amines) is 1. The van der Waals surface area contributed by atoms with Gasteiger partial charge in [-0.1, -0.05) is 25.5 Å². The molecule has 3 rings (SSSR count). The first-order valence-corrected chi connectivity index (χ1v) is 10.8. The summed E-state index contributed by atoms with van der Waals surface area (Å²) >= 11 is 0. The number of phenolic OH excluding ortho intramolecular Hbond substituents is 1. The number of amides is 1. The Morgan fingerprint density at radius 3 is 2.31 bits per heavy atom. The van der Waals surface area contributed by atoms with Gasteiger partial charge in [-0.05, 0) is 62.5 Å². The van der Waals surface area contributed by atoms with E-state index >= 15 is 0 Å². The number of Topliss-reactive ketones (excluding diaryl/α,β-unsaturated/α-hetero) is 1. The first-order chi connectivity index (χ1) is 15.3. The van der Waals surface area contributed by atoms with Crippen LogP contribution in [0.5, 0.6) is 11.5 Å². The second-order valence-corrected chi connectivity index (χ2v) is 8.11. The molecule has 1 amide bonds. The zero-order chi connectivity index (χ0) is 23.3. The number of nitrogens with zero attached hydrogens (tertiary/aromatic N) is 2. The molecule has 2 aromatic carbocycles. The summed E-state index contributed by atoms with van der Waals surface area (Å²) in [4.78, 5) is 29.2. The minimum atomic E-state index is -0.740. The minimum absolute atomic E-state index is 0.0408. The van der Waals surface area contributed by atoms with Crippen molar-refractivity contribution in [2.24, 2.45) is 0 Å². The van der Waals surface area contributed by atoms with Gasteiger partial charge in [-0.3, -0.25) is 9.59 Å². The molecule has 32 heavy (non-hydrogen) atoms. The molecule has 0 unspecified atom stereocenters. The number of ketones is 1. The van der Waals surface area contributed by atoms with E-state index in [0.717, 1.165) is 12.8 Å². The Morgan fingerprint density at radius 1 is 1.06 bits per heavy atom. The van der Waals surface area contributed by atoms with Gasteiger partial charge >= 0.3 is 0 Å². The molecule has 0 bridgehead atoms. The monoisotopic (exact) mass is 438 g/mol. The number of hydrogen-bond donors (Lipinski definition) is 2. The van der Waals surface area contributed by atoms with E-state index in [1.54, 1.807) is 36.4 Å². The molecule has 7 nitrogen and oxygen atoms in total. The van der Waals surface area contributed by atoms with Crippen LogP contribution in [0.1, 0.15) is 36.9 Å². The van der Waals surface area contributed by atoms with Gasteiger partial charge in [0, 0.05) is 18.7 Å². The minimum Gasteiger partial charge on any atom is -0.508 e. The largest absolute Gasteiger partial charge is 0.508 e. The second-order valence-electron chi connectivity index (χ2n) is 8.11. The lowest BCUT2D eigenvalue weighted by molar-refractivity contribution is -0.140. The van der Waals surface area contributed by atoms with Crippen LogP contribution in [0.25, 0.3) is 5.76 Å². The number of ether oxygens (including phenoxy) is 1. The van der Waals surface area contributed by atoms with Gasteiger partial charge in [0.1, 0.15) is 17.3 Å². The summed E-state index contributed by atoms with van der Waals surface area (Å²) in [7, 11) is 3.77. The normalized spacial score (nSPS) is 17.9. The van der Waals surface area contributed by atoms with Crippen LogP contribution in [0, 0.1) is 0 Å². The SMILES string of the molecule is CCCCOc1ccc(/C(O)=C2\C(=O)C(=O)N(CCN(C)C)[C@H]2c2ccc(O)cc2)cc1. The van der Waals surface area contributed by atoms with Crippen LogP contribution in [0.4, 0.5) is 0 Å². The molecule has 1 aliphatic rings. The number of aliphatic hydroxyl groups excluding tert-OH is 1. The molecule has 7 heteroatoms. The van der Waals surface area contributed by atoms with Crippen LogP contribution >= 0.6 is 0 Å². The van der Waals surface area contributed by atoms with Crippen LogP contribution in [-0.4, -0.2) is 65.5 Å². The zero-order valence-electron chi connectivity index (χ0n) is 18.7. The van der Waals surface area contributed by atoms with Gasteiger partial charge in [-0.15, -0.1) is 0 Å². The molecule has 0 aliphatic carbocycles. The van der Waals surface area contributed by atoms with Crippen molar-refractivity contribution in [2.75, 3.05) is 33.8 Å². The Labute approximate surface area is 188 Å². The molecule has 1 atom stereocenters. The fourth-order valence-corrected chi connectivity index (χ4v) is 3.62. The number of unbranched alkanes of at least 4 members (excludes halogenated alkanes) is 1. The van der Waals surface area contributed by atoms with Gasteiger partial charge in [0.25, 0.3) is 11.7 Å². The van der Waals surface area contributed by atoms with E-state index in [2.05, 4.69) is 6.92 Å². The van der Waals surface area contributed by atoms with Gasteiger partial charge in [0.15, 0.2) is 0 Å². The molecule has 0 aromatic heterocycles. The van der Waals surface area contributed by atoms with E-state index in [9.17, 15) is 19.8 Å². The molecule has 1 aliphatic heterocycles. The van der Waals surface area contributed by atoms with Crippen LogP contribution in [0.15, 0.2) is 54.1 Å². The second kappa shape index (κ2) is 10.3. The number of phenols is 1. The molecule has 0 radical (unpaired) electrons. The van der Waals surface area contributed by atoms with Crippen molar-refractivity contribution >= 4 is 17.4 Å². The maximum absolute atomic E-state index is 13.0. The summed E-state index contributed by atoms with van der Waals surface area (Å²) in [5.74, 6) is -0.836. The van der Waals surface area contributed by atoms with E-state index in [4.69, 9.17) is 4.74 Å². The Morgan fingerprint density at radius 2 is 1.72 bits per heavy atom. The third-order valence-corrected chi connectivity index (χ3v) is 5.43. The van der Waals surface area contributed by atoms with Crippen molar-refractivity contribution in [3.63, 3.8) is 0 Å². The lowest BCUT2D eigenvalue weighted by atomic mass is 9.95. The van der Waals surface area contributed by atoms with Gasteiger partial charge in [0.05, 0.1) is 18.2 Å². The van der Waals surface area contributed by atoms with E-state index in [1.165, 1.54) is 17.0 Å². The Balaban J connectivity index is 2.00.